The third-order valence-electron chi connectivity index (χ3n) is 8.50. The molecule has 2 bridgehead atoms. The predicted octanol–water partition coefficient (Wildman–Crippen LogP) is 6.38. The number of aromatic nitrogens is 2. The summed E-state index contributed by atoms with van der Waals surface area (Å²) < 4.78 is 27.9. The lowest BCUT2D eigenvalue weighted by atomic mass is 9.99. The van der Waals surface area contributed by atoms with Crippen LogP contribution in [0.15, 0.2) is 43.2 Å². The number of carbonyl (C=O) groups is 1. The van der Waals surface area contributed by atoms with Gasteiger partial charge < -0.3 is 24.6 Å². The summed E-state index contributed by atoms with van der Waals surface area (Å²) in [6.45, 7) is 5.25. The van der Waals surface area contributed by atoms with Crippen LogP contribution in [-0.4, -0.2) is 70.1 Å². The van der Waals surface area contributed by atoms with Gasteiger partial charge in [0.15, 0.2) is 17.3 Å². The number of likely N-dealkylation sites (N-methyl/N-ethyl adjacent to an activating group) is 1. The van der Waals surface area contributed by atoms with E-state index in [4.69, 9.17) is 32.7 Å². The van der Waals surface area contributed by atoms with Crippen LogP contribution >= 0.6 is 23.2 Å². The zero-order valence-electron chi connectivity index (χ0n) is 22.8. The van der Waals surface area contributed by atoms with E-state index in [0.717, 1.165) is 45.1 Å². The van der Waals surface area contributed by atoms with Gasteiger partial charge in [0.25, 0.3) is 0 Å². The highest BCUT2D eigenvalue weighted by molar-refractivity contribution is 6.42. The number of amides is 1. The highest BCUT2D eigenvalue weighted by Gasteiger charge is 2.43. The van der Waals surface area contributed by atoms with Crippen molar-refractivity contribution in [2.75, 3.05) is 25.5 Å². The highest BCUT2D eigenvalue weighted by atomic mass is 35.5. The number of piperidine rings is 1. The van der Waals surface area contributed by atoms with E-state index < -0.39 is 5.82 Å². The van der Waals surface area contributed by atoms with Crippen molar-refractivity contribution in [2.45, 2.75) is 62.8 Å². The summed E-state index contributed by atoms with van der Waals surface area (Å²) in [5.74, 6) is 0.873. The molecule has 2 unspecified atom stereocenters. The Kier molecular flexibility index (Phi) is 7.94. The van der Waals surface area contributed by atoms with Gasteiger partial charge in [0.05, 0.1) is 21.2 Å². The molecule has 3 saturated heterocycles. The van der Waals surface area contributed by atoms with E-state index in [9.17, 15) is 9.18 Å². The van der Waals surface area contributed by atoms with Crippen LogP contribution in [0.5, 0.6) is 11.5 Å². The third-order valence-corrected chi connectivity index (χ3v) is 9.29. The number of likely N-dealkylation sites (tertiary alicyclic amines) is 1. The van der Waals surface area contributed by atoms with Crippen LogP contribution in [0.3, 0.4) is 0 Å². The largest absolute Gasteiger partial charge is 0.488 e. The summed E-state index contributed by atoms with van der Waals surface area (Å²) in [7, 11) is 2.11. The molecule has 1 N–H and O–H groups in total. The summed E-state index contributed by atoms with van der Waals surface area (Å²) in [5.41, 5.74) is 0.763. The fourth-order valence-electron chi connectivity index (χ4n) is 6.36. The van der Waals surface area contributed by atoms with Gasteiger partial charge in [-0.05, 0) is 63.6 Å². The average Bonchev–Trinajstić information content (AvgIpc) is 3.50. The number of benzene rings is 2. The fraction of sp³-hybridized carbons (Fsp3) is 0.433. The van der Waals surface area contributed by atoms with Crippen molar-refractivity contribution in [1.29, 1.82) is 0 Å². The van der Waals surface area contributed by atoms with Gasteiger partial charge in [-0.3, -0.25) is 4.79 Å². The molecule has 2 aromatic carbocycles. The molecule has 8 nitrogen and oxygen atoms in total. The topological polar surface area (TPSA) is 79.8 Å². The van der Waals surface area contributed by atoms with E-state index in [1.807, 2.05) is 17.0 Å². The molecule has 4 atom stereocenters. The van der Waals surface area contributed by atoms with Crippen LogP contribution in [0.2, 0.25) is 10.0 Å². The third kappa shape index (κ3) is 5.55. The van der Waals surface area contributed by atoms with Crippen LogP contribution in [0.4, 0.5) is 15.9 Å². The van der Waals surface area contributed by atoms with Crippen LogP contribution in [0.25, 0.3) is 10.9 Å². The second kappa shape index (κ2) is 11.6. The van der Waals surface area contributed by atoms with Gasteiger partial charge in [-0.25, -0.2) is 14.4 Å². The number of carbonyl (C=O) groups excluding carboxylic acids is 1. The van der Waals surface area contributed by atoms with Gasteiger partial charge in [-0.1, -0.05) is 29.8 Å². The number of nitrogens with zero attached hydrogens (tertiary/aromatic N) is 4. The zero-order valence-corrected chi connectivity index (χ0v) is 24.3. The summed E-state index contributed by atoms with van der Waals surface area (Å²) in [4.78, 5) is 25.6. The first-order valence-electron chi connectivity index (χ1n) is 14.0. The number of ether oxygens (including phenoxy) is 2. The maximum absolute atomic E-state index is 14.9. The van der Waals surface area contributed by atoms with Crippen molar-refractivity contribution < 1.29 is 18.7 Å². The number of rotatable bonds is 8. The molecule has 3 aromatic rings. The Morgan fingerprint density at radius 1 is 1.17 bits per heavy atom. The first kappa shape index (κ1) is 28.0. The molecule has 3 fully saturated rings. The molecular formula is C30H32Cl2FN5O3. The van der Waals surface area contributed by atoms with Crippen molar-refractivity contribution in [2.24, 2.45) is 0 Å². The smallest absolute Gasteiger partial charge is 0.246 e. The van der Waals surface area contributed by atoms with Gasteiger partial charge in [0.1, 0.15) is 24.9 Å². The molecular weight excluding hydrogens is 568 g/mol. The molecule has 6 rings (SSSR count). The van der Waals surface area contributed by atoms with Crippen molar-refractivity contribution in [3.8, 4) is 11.5 Å². The standard InChI is InChI=1S/C30H32Cl2FN5O3/c1-3-27(39)38-17-6-7-18(38)12-20(11-17)41-26-13-21-24(14-25(26)40-15-19-5-4-10-37(19)2)34-16-35-30(21)36-23-9-8-22(31)28(32)29(23)33/h3,8-9,13-14,16-20H,1,4-7,10-12,15H2,2H3,(H,34,35,36)/t17-,18+,19?,20?. The molecule has 0 radical (unpaired) electrons. The van der Waals surface area contributed by atoms with Gasteiger partial charge in [0, 0.05) is 42.4 Å². The molecule has 0 aliphatic carbocycles. The SMILES string of the molecule is C=CC(=O)N1[C@@H]2CC[C@H]1CC(Oc1cc3c(Nc4ccc(Cl)c(Cl)c4F)ncnc3cc1OCC1CCCN1C)C2. The van der Waals surface area contributed by atoms with Crippen molar-refractivity contribution in [3.05, 3.63) is 59.1 Å². The first-order chi connectivity index (χ1) is 19.8. The van der Waals surface area contributed by atoms with Crippen LogP contribution in [0, 0.1) is 5.82 Å². The molecule has 41 heavy (non-hydrogen) atoms. The molecule has 216 valence electrons. The van der Waals surface area contributed by atoms with Gasteiger partial charge >= 0.3 is 0 Å². The second-order valence-electron chi connectivity index (χ2n) is 11.0. The Hall–Kier alpha value is -3.14. The molecule has 3 aliphatic rings. The van der Waals surface area contributed by atoms with E-state index in [1.54, 1.807) is 0 Å². The molecule has 1 amide bonds. The predicted molar refractivity (Wildman–Crippen MR) is 158 cm³/mol. The molecule has 0 spiro atoms. The number of fused-ring (bicyclic) bond motifs is 3. The van der Waals surface area contributed by atoms with E-state index in [2.05, 4.69) is 33.8 Å². The van der Waals surface area contributed by atoms with Gasteiger partial charge in [0.2, 0.25) is 5.91 Å². The minimum Gasteiger partial charge on any atom is -0.488 e. The quantitative estimate of drug-likeness (QED) is 0.238. The number of hydrogen-bond acceptors (Lipinski definition) is 7. The van der Waals surface area contributed by atoms with Crippen LogP contribution < -0.4 is 14.8 Å². The van der Waals surface area contributed by atoms with Gasteiger partial charge in [-0.15, -0.1) is 0 Å². The van der Waals surface area contributed by atoms with Crippen LogP contribution in [-0.2, 0) is 4.79 Å². The summed E-state index contributed by atoms with van der Waals surface area (Å²) in [6, 6.07) is 7.31. The monoisotopic (exact) mass is 599 g/mol. The lowest BCUT2D eigenvalue weighted by Gasteiger charge is -2.38. The Labute approximate surface area is 248 Å². The zero-order chi connectivity index (χ0) is 28.7. The summed E-state index contributed by atoms with van der Waals surface area (Å²) in [6.07, 6.45) is 8.30. The van der Waals surface area contributed by atoms with E-state index in [1.165, 1.54) is 24.5 Å². The normalized spacial score (nSPS) is 24.0. The number of anilines is 2. The Bertz CT molecular complexity index is 1480. The number of nitrogens with one attached hydrogen (secondary N) is 1. The molecule has 1 aromatic heterocycles. The Balaban J connectivity index is 1.32. The maximum atomic E-state index is 14.9. The molecule has 4 heterocycles. The maximum Gasteiger partial charge on any atom is 0.246 e. The highest BCUT2D eigenvalue weighted by Crippen LogP contribution is 2.41. The van der Waals surface area contributed by atoms with Crippen molar-refractivity contribution in [3.63, 3.8) is 0 Å². The Morgan fingerprint density at radius 3 is 2.66 bits per heavy atom. The van der Waals surface area contributed by atoms with E-state index in [0.29, 0.717) is 40.9 Å². The first-order valence-corrected chi connectivity index (χ1v) is 14.7. The molecule has 0 saturated carbocycles. The minimum atomic E-state index is -0.667. The molecule has 3 aliphatic heterocycles. The lowest BCUT2D eigenvalue weighted by Crippen LogP contribution is -2.48. The number of hydrogen-bond donors (Lipinski definition) is 1. The van der Waals surface area contributed by atoms with E-state index in [-0.39, 0.29) is 39.8 Å². The second-order valence-corrected chi connectivity index (χ2v) is 11.8. The van der Waals surface area contributed by atoms with Crippen molar-refractivity contribution in [1.82, 2.24) is 19.8 Å². The van der Waals surface area contributed by atoms with Crippen molar-refractivity contribution >= 4 is 51.5 Å². The van der Waals surface area contributed by atoms with Crippen LogP contribution in [0.1, 0.15) is 38.5 Å². The minimum absolute atomic E-state index is 0.0197. The van der Waals surface area contributed by atoms with Gasteiger partial charge in [-0.2, -0.15) is 0 Å². The number of halogens is 3. The Morgan fingerprint density at radius 2 is 1.95 bits per heavy atom. The summed E-state index contributed by atoms with van der Waals surface area (Å²) in [5, 5.41) is 3.64. The lowest BCUT2D eigenvalue weighted by molar-refractivity contribution is -0.131. The van der Waals surface area contributed by atoms with E-state index >= 15 is 0 Å². The summed E-state index contributed by atoms with van der Waals surface area (Å²) >= 11 is 12.0. The fourth-order valence-corrected chi connectivity index (χ4v) is 6.67. The molecule has 11 heteroatoms. The average molecular weight is 601 g/mol.